The number of benzene rings is 3. The summed E-state index contributed by atoms with van der Waals surface area (Å²) in [7, 11) is 1.50. The number of nitrogens with zero attached hydrogens (tertiary/aromatic N) is 2. The number of anilines is 1. The van der Waals surface area contributed by atoms with Crippen LogP contribution >= 0.6 is 11.3 Å². The Morgan fingerprint density at radius 2 is 1.80 bits per heavy atom. The molecule has 260 valence electrons. The van der Waals surface area contributed by atoms with Gasteiger partial charge < -0.3 is 24.1 Å². The molecule has 3 aromatic carbocycles. The van der Waals surface area contributed by atoms with Crippen molar-refractivity contribution in [3.63, 3.8) is 0 Å². The number of esters is 1. The number of rotatable bonds is 15. The van der Waals surface area contributed by atoms with Gasteiger partial charge in [-0.1, -0.05) is 79.7 Å². The van der Waals surface area contributed by atoms with Crippen molar-refractivity contribution in [3.8, 4) is 17.2 Å². The third-order valence-corrected chi connectivity index (χ3v) is 9.21. The van der Waals surface area contributed by atoms with Crippen LogP contribution in [0.15, 0.2) is 85.0 Å². The SMILES string of the molecule is C=CCOC(=O)c1sc(N2C(=O)C(=O)C(=C(O)c3ccc(OCc4cccc(C)c4)cc3)C2c2ccc(OCCCCC)c(OC)c2)nc1C. The lowest BCUT2D eigenvalue weighted by Crippen LogP contribution is -2.29. The van der Waals surface area contributed by atoms with Crippen molar-refractivity contribution in [2.75, 3.05) is 25.2 Å². The van der Waals surface area contributed by atoms with Crippen LogP contribution in [-0.2, 0) is 20.9 Å². The lowest BCUT2D eigenvalue weighted by atomic mass is 9.95. The van der Waals surface area contributed by atoms with Gasteiger partial charge in [-0.25, -0.2) is 9.78 Å². The molecule has 1 fully saturated rings. The quantitative estimate of drug-likeness (QED) is 0.0330. The molecule has 0 saturated carbocycles. The number of hydrogen-bond donors (Lipinski definition) is 1. The number of amides is 1. The highest BCUT2D eigenvalue weighted by atomic mass is 32.1. The number of thiazole rings is 1. The molecular formula is C39H40N2O8S. The third-order valence-electron chi connectivity index (χ3n) is 8.08. The number of carbonyl (C=O) groups is 3. The largest absolute Gasteiger partial charge is 0.507 e. The van der Waals surface area contributed by atoms with E-state index in [4.69, 9.17) is 18.9 Å². The van der Waals surface area contributed by atoms with Gasteiger partial charge in [0.25, 0.3) is 5.78 Å². The number of aliphatic hydroxyl groups is 1. The molecule has 0 radical (unpaired) electrons. The molecule has 11 heteroatoms. The van der Waals surface area contributed by atoms with E-state index in [2.05, 4.69) is 18.5 Å². The highest BCUT2D eigenvalue weighted by Gasteiger charge is 2.48. The van der Waals surface area contributed by atoms with E-state index >= 15 is 0 Å². The van der Waals surface area contributed by atoms with E-state index in [1.54, 1.807) is 49.4 Å². The highest BCUT2D eigenvalue weighted by molar-refractivity contribution is 7.17. The van der Waals surface area contributed by atoms with E-state index in [9.17, 15) is 19.5 Å². The fourth-order valence-electron chi connectivity index (χ4n) is 5.56. The van der Waals surface area contributed by atoms with Crippen LogP contribution in [-0.4, -0.2) is 48.1 Å². The first-order valence-corrected chi connectivity index (χ1v) is 17.1. The number of ether oxygens (including phenoxy) is 4. The van der Waals surface area contributed by atoms with Gasteiger partial charge in [0.05, 0.1) is 31.0 Å². The van der Waals surface area contributed by atoms with Crippen molar-refractivity contribution in [2.24, 2.45) is 0 Å². The first-order chi connectivity index (χ1) is 24.2. The maximum Gasteiger partial charge on any atom is 0.350 e. The summed E-state index contributed by atoms with van der Waals surface area (Å²) in [5.41, 5.74) is 3.09. The van der Waals surface area contributed by atoms with Crippen molar-refractivity contribution in [1.29, 1.82) is 0 Å². The van der Waals surface area contributed by atoms with Gasteiger partial charge in [0.1, 0.15) is 29.6 Å². The van der Waals surface area contributed by atoms with Crippen molar-refractivity contribution >= 4 is 39.9 Å². The molecule has 1 amide bonds. The van der Waals surface area contributed by atoms with Gasteiger partial charge in [-0.3, -0.25) is 14.5 Å². The number of aliphatic hydroxyl groups excluding tert-OH is 1. The normalized spacial score (nSPS) is 15.2. The van der Waals surface area contributed by atoms with Crippen molar-refractivity contribution in [2.45, 2.75) is 52.7 Å². The average molecular weight is 697 g/mol. The van der Waals surface area contributed by atoms with Crippen LogP contribution < -0.4 is 19.1 Å². The summed E-state index contributed by atoms with van der Waals surface area (Å²) in [6.07, 6.45) is 4.38. The lowest BCUT2D eigenvalue weighted by molar-refractivity contribution is -0.132. The minimum Gasteiger partial charge on any atom is -0.507 e. The molecule has 10 nitrogen and oxygen atoms in total. The van der Waals surface area contributed by atoms with Gasteiger partial charge in [0, 0.05) is 5.56 Å². The van der Waals surface area contributed by atoms with Crippen LogP contribution in [0.1, 0.15) is 69.8 Å². The molecule has 1 unspecified atom stereocenters. The lowest BCUT2D eigenvalue weighted by Gasteiger charge is -2.24. The Labute approximate surface area is 295 Å². The first kappa shape index (κ1) is 35.9. The van der Waals surface area contributed by atoms with Crippen LogP contribution in [0.4, 0.5) is 5.13 Å². The first-order valence-electron chi connectivity index (χ1n) is 16.3. The summed E-state index contributed by atoms with van der Waals surface area (Å²) >= 11 is 0.920. The van der Waals surface area contributed by atoms with Gasteiger partial charge >= 0.3 is 11.9 Å². The fraction of sp³-hybridized carbons (Fsp3) is 0.282. The molecule has 0 bridgehead atoms. The van der Waals surface area contributed by atoms with Crippen LogP contribution in [0.5, 0.6) is 17.2 Å². The Balaban J connectivity index is 1.54. The minimum atomic E-state index is -1.11. The number of aryl methyl sites for hydroxylation is 2. The number of ketones is 1. The second kappa shape index (κ2) is 16.3. The zero-order valence-corrected chi connectivity index (χ0v) is 29.4. The van der Waals surface area contributed by atoms with Crippen LogP contribution in [0, 0.1) is 13.8 Å². The monoisotopic (exact) mass is 696 g/mol. The predicted molar refractivity (Wildman–Crippen MR) is 192 cm³/mol. The molecule has 5 rings (SSSR count). The van der Waals surface area contributed by atoms with E-state index in [0.717, 1.165) is 41.7 Å². The minimum absolute atomic E-state index is 0.00155. The van der Waals surface area contributed by atoms with Crippen LogP contribution in [0.3, 0.4) is 0 Å². The van der Waals surface area contributed by atoms with E-state index in [1.165, 1.54) is 18.1 Å². The topological polar surface area (TPSA) is 124 Å². The molecule has 1 aliphatic heterocycles. The van der Waals surface area contributed by atoms with Gasteiger partial charge in [0.15, 0.2) is 16.6 Å². The molecule has 1 N–H and O–H groups in total. The molecule has 1 saturated heterocycles. The number of methoxy groups -OCH3 is 1. The molecule has 1 aliphatic rings. The average Bonchev–Trinajstić information content (AvgIpc) is 3.63. The third kappa shape index (κ3) is 7.89. The predicted octanol–water partition coefficient (Wildman–Crippen LogP) is 7.89. The maximum atomic E-state index is 13.8. The van der Waals surface area contributed by atoms with Gasteiger partial charge in [0.2, 0.25) is 0 Å². The molecule has 1 aromatic heterocycles. The zero-order chi connectivity index (χ0) is 35.8. The molecule has 4 aromatic rings. The number of aromatic nitrogens is 1. The Hall–Kier alpha value is -5.42. The highest BCUT2D eigenvalue weighted by Crippen LogP contribution is 2.45. The molecule has 0 spiro atoms. The summed E-state index contributed by atoms with van der Waals surface area (Å²) in [6.45, 7) is 10.2. The molecular weight excluding hydrogens is 657 g/mol. The Bertz CT molecular complexity index is 1910. The molecule has 2 heterocycles. The summed E-state index contributed by atoms with van der Waals surface area (Å²) in [4.78, 5) is 46.3. The van der Waals surface area contributed by atoms with Gasteiger partial charge in [-0.05, 0) is 67.8 Å². The Kier molecular flexibility index (Phi) is 11.7. The van der Waals surface area contributed by atoms with E-state index in [0.29, 0.717) is 47.3 Å². The smallest absolute Gasteiger partial charge is 0.350 e. The van der Waals surface area contributed by atoms with E-state index in [1.807, 2.05) is 31.2 Å². The Morgan fingerprint density at radius 3 is 2.50 bits per heavy atom. The maximum absolute atomic E-state index is 13.8. The summed E-state index contributed by atoms with van der Waals surface area (Å²) < 4.78 is 22.8. The second-order valence-corrected chi connectivity index (χ2v) is 12.7. The van der Waals surface area contributed by atoms with Crippen LogP contribution in [0.25, 0.3) is 5.76 Å². The molecule has 1 atom stereocenters. The Morgan fingerprint density at radius 1 is 1.02 bits per heavy atom. The van der Waals surface area contributed by atoms with Crippen molar-refractivity contribution in [3.05, 3.63) is 118 Å². The van der Waals surface area contributed by atoms with Crippen LogP contribution in [0.2, 0.25) is 0 Å². The second-order valence-electron chi connectivity index (χ2n) is 11.7. The number of unbranched alkanes of at least 4 members (excludes halogenated alkanes) is 2. The summed E-state index contributed by atoms with van der Waals surface area (Å²) in [5, 5.41) is 11.8. The fourth-order valence-corrected chi connectivity index (χ4v) is 6.55. The van der Waals surface area contributed by atoms with Gasteiger partial charge in [-0.15, -0.1) is 0 Å². The summed E-state index contributed by atoms with van der Waals surface area (Å²) in [6, 6.07) is 18.6. The number of hydrogen-bond acceptors (Lipinski definition) is 10. The van der Waals surface area contributed by atoms with E-state index < -0.39 is 23.7 Å². The molecule has 0 aliphatic carbocycles. The zero-order valence-electron chi connectivity index (χ0n) is 28.6. The van der Waals surface area contributed by atoms with E-state index in [-0.39, 0.29) is 27.9 Å². The van der Waals surface area contributed by atoms with Gasteiger partial charge in [-0.2, -0.15) is 0 Å². The van der Waals surface area contributed by atoms with Crippen molar-refractivity contribution < 1.29 is 38.4 Å². The molecule has 50 heavy (non-hydrogen) atoms. The summed E-state index contributed by atoms with van der Waals surface area (Å²) in [5.74, 6) is -1.36. The number of Topliss-reactive ketones (excluding diaryl/α,β-unsaturated/α-hetero) is 1. The van der Waals surface area contributed by atoms with Crippen molar-refractivity contribution in [1.82, 2.24) is 4.98 Å². The standard InChI is InChI=1S/C39H40N2O8S/c1-6-8-9-20-47-30-18-15-28(22-31(30)46-5)33-32(34(42)27-13-16-29(17-14-27)49-23-26-12-10-11-24(3)21-26)35(43)37(44)41(33)39-40-25(4)36(50-39)38(45)48-19-7-2/h7,10-18,21-22,33,42H,2,6,8-9,19-20,23H2,1,3-5H3. The number of carbonyl (C=O) groups excluding carboxylic acids is 3.